The monoisotopic (exact) mass is 414 g/mol. The third-order valence-corrected chi connectivity index (χ3v) is 6.38. The average molecular weight is 415 g/mol. The molecule has 0 fully saturated rings. The van der Waals surface area contributed by atoms with Crippen LogP contribution >= 0.6 is 0 Å². The van der Waals surface area contributed by atoms with Crippen LogP contribution in [0.4, 0.5) is 0 Å². The molecule has 3 aromatic rings. The molecule has 0 aliphatic heterocycles. The average Bonchev–Trinajstić information content (AvgIpc) is 2.73. The van der Waals surface area contributed by atoms with E-state index in [0.29, 0.717) is 5.75 Å². The Morgan fingerprint density at radius 3 is 2.38 bits per heavy atom. The molecule has 3 rings (SSSR count). The van der Waals surface area contributed by atoms with Crippen LogP contribution in [0.1, 0.15) is 11.6 Å². The minimum atomic E-state index is -3.81. The Labute approximate surface area is 172 Å². The minimum absolute atomic E-state index is 0.0507. The Balaban J connectivity index is 1.93. The number of ether oxygens (including phenoxy) is 2. The molecular weight excluding hydrogens is 388 g/mol. The number of benzene rings is 3. The Hall–Kier alpha value is -2.61. The fourth-order valence-electron chi connectivity index (χ4n) is 3.37. The van der Waals surface area contributed by atoms with E-state index in [-0.39, 0.29) is 23.2 Å². The molecular formula is C22H26N2O4S. The van der Waals surface area contributed by atoms with E-state index in [2.05, 4.69) is 22.9 Å². The maximum Gasteiger partial charge on any atom is 0.244 e. The molecule has 0 aliphatic rings. The summed E-state index contributed by atoms with van der Waals surface area (Å²) in [5.41, 5.74) is 1.06. The van der Waals surface area contributed by atoms with Gasteiger partial charge in [-0.3, -0.25) is 0 Å². The third kappa shape index (κ3) is 4.53. The quantitative estimate of drug-likeness (QED) is 0.612. The van der Waals surface area contributed by atoms with Gasteiger partial charge in [-0.1, -0.05) is 42.5 Å². The highest BCUT2D eigenvalue weighted by Gasteiger charge is 2.24. The smallest absolute Gasteiger partial charge is 0.244 e. The van der Waals surface area contributed by atoms with Gasteiger partial charge >= 0.3 is 0 Å². The normalized spacial score (nSPS) is 12.9. The molecule has 0 heterocycles. The molecule has 1 unspecified atom stereocenters. The summed E-state index contributed by atoms with van der Waals surface area (Å²) in [5.74, 6) is 0.717. The number of nitrogens with one attached hydrogen (secondary N) is 1. The highest BCUT2D eigenvalue weighted by molar-refractivity contribution is 7.89. The summed E-state index contributed by atoms with van der Waals surface area (Å²) in [5, 5.41) is 2.22. The van der Waals surface area contributed by atoms with Crippen LogP contribution in [0, 0.1) is 0 Å². The van der Waals surface area contributed by atoms with Crippen molar-refractivity contribution in [2.24, 2.45) is 0 Å². The number of likely N-dealkylation sites (N-methyl/N-ethyl adjacent to an activating group) is 1. The molecule has 0 saturated heterocycles. The van der Waals surface area contributed by atoms with Crippen LogP contribution in [0.25, 0.3) is 10.8 Å². The third-order valence-electron chi connectivity index (χ3n) is 4.93. The zero-order valence-corrected chi connectivity index (χ0v) is 17.9. The molecule has 3 aromatic carbocycles. The maximum atomic E-state index is 13.0. The summed E-state index contributed by atoms with van der Waals surface area (Å²) < 4.78 is 39.2. The standard InChI is InChI=1S/C22H26N2O4S/c1-24(2)20(19-11-7-9-16-8-5-6-10-18(16)19)15-23-29(25,26)22-14-17(27-3)12-13-21(22)28-4/h5-14,20,23H,15H2,1-4H3. The highest BCUT2D eigenvalue weighted by atomic mass is 32.2. The first-order valence-electron chi connectivity index (χ1n) is 9.23. The molecule has 0 radical (unpaired) electrons. The first kappa shape index (κ1) is 21.1. The first-order valence-corrected chi connectivity index (χ1v) is 10.7. The van der Waals surface area contributed by atoms with Gasteiger partial charge in [-0.05, 0) is 42.6 Å². The van der Waals surface area contributed by atoms with Crippen LogP contribution < -0.4 is 14.2 Å². The van der Waals surface area contributed by atoms with Gasteiger partial charge in [-0.15, -0.1) is 0 Å². The van der Waals surface area contributed by atoms with Crippen molar-refractivity contribution in [2.75, 3.05) is 34.9 Å². The van der Waals surface area contributed by atoms with Crippen molar-refractivity contribution in [3.63, 3.8) is 0 Å². The first-order chi connectivity index (χ1) is 13.9. The lowest BCUT2D eigenvalue weighted by Gasteiger charge is -2.26. The molecule has 0 saturated carbocycles. The van der Waals surface area contributed by atoms with E-state index in [4.69, 9.17) is 9.47 Å². The molecule has 154 valence electrons. The second-order valence-corrected chi connectivity index (χ2v) is 8.65. The predicted molar refractivity (Wildman–Crippen MR) is 115 cm³/mol. The van der Waals surface area contributed by atoms with Crippen molar-refractivity contribution in [3.05, 3.63) is 66.2 Å². The lowest BCUT2D eigenvalue weighted by atomic mass is 9.98. The van der Waals surface area contributed by atoms with Crippen LogP contribution in [0.2, 0.25) is 0 Å². The Kier molecular flexibility index (Phi) is 6.42. The molecule has 29 heavy (non-hydrogen) atoms. The van der Waals surface area contributed by atoms with Crippen LogP contribution in [-0.2, 0) is 10.0 Å². The van der Waals surface area contributed by atoms with E-state index in [0.717, 1.165) is 16.3 Å². The molecule has 0 bridgehead atoms. The van der Waals surface area contributed by atoms with Crippen LogP contribution in [-0.4, -0.2) is 48.2 Å². The van der Waals surface area contributed by atoms with E-state index >= 15 is 0 Å². The molecule has 0 aromatic heterocycles. The SMILES string of the molecule is COc1ccc(OC)c(S(=O)(=O)NCC(c2cccc3ccccc23)N(C)C)c1. The van der Waals surface area contributed by atoms with Gasteiger partial charge in [0.15, 0.2) is 0 Å². The molecule has 7 heteroatoms. The van der Waals surface area contributed by atoms with Gasteiger partial charge in [0.05, 0.1) is 14.2 Å². The summed E-state index contributed by atoms with van der Waals surface area (Å²) in [6.07, 6.45) is 0. The number of hydrogen-bond acceptors (Lipinski definition) is 5. The van der Waals surface area contributed by atoms with Crippen molar-refractivity contribution >= 4 is 20.8 Å². The van der Waals surface area contributed by atoms with Crippen molar-refractivity contribution < 1.29 is 17.9 Å². The van der Waals surface area contributed by atoms with E-state index < -0.39 is 10.0 Å². The number of nitrogens with zero attached hydrogens (tertiary/aromatic N) is 1. The molecule has 1 atom stereocenters. The summed E-state index contributed by atoms with van der Waals surface area (Å²) >= 11 is 0. The van der Waals surface area contributed by atoms with Gasteiger partial charge in [0.1, 0.15) is 16.4 Å². The van der Waals surface area contributed by atoms with Crippen molar-refractivity contribution in [1.29, 1.82) is 0 Å². The highest BCUT2D eigenvalue weighted by Crippen LogP contribution is 2.30. The fourth-order valence-corrected chi connectivity index (χ4v) is 4.59. The molecule has 0 aliphatic carbocycles. The minimum Gasteiger partial charge on any atom is -0.497 e. The molecule has 1 N–H and O–H groups in total. The lowest BCUT2D eigenvalue weighted by molar-refractivity contribution is 0.301. The van der Waals surface area contributed by atoms with E-state index in [1.54, 1.807) is 12.1 Å². The topological polar surface area (TPSA) is 67.9 Å². The Morgan fingerprint density at radius 2 is 1.69 bits per heavy atom. The number of hydrogen-bond donors (Lipinski definition) is 1. The van der Waals surface area contributed by atoms with Gasteiger partial charge in [0, 0.05) is 18.7 Å². The van der Waals surface area contributed by atoms with Crippen molar-refractivity contribution in [3.8, 4) is 11.5 Å². The largest absolute Gasteiger partial charge is 0.497 e. The second-order valence-electron chi connectivity index (χ2n) is 6.92. The zero-order chi connectivity index (χ0) is 21.0. The predicted octanol–water partition coefficient (Wildman–Crippen LogP) is 3.44. The Bertz CT molecular complexity index is 1090. The number of fused-ring (bicyclic) bond motifs is 1. The Morgan fingerprint density at radius 1 is 0.966 bits per heavy atom. The van der Waals surface area contributed by atoms with Crippen molar-refractivity contribution in [2.45, 2.75) is 10.9 Å². The van der Waals surface area contributed by atoms with Gasteiger partial charge in [-0.2, -0.15) is 0 Å². The molecule has 0 amide bonds. The van der Waals surface area contributed by atoms with E-state index in [1.165, 1.54) is 20.3 Å². The van der Waals surface area contributed by atoms with Crippen LogP contribution in [0.5, 0.6) is 11.5 Å². The van der Waals surface area contributed by atoms with Crippen LogP contribution in [0.15, 0.2) is 65.6 Å². The van der Waals surface area contributed by atoms with Gasteiger partial charge in [0.2, 0.25) is 10.0 Å². The number of methoxy groups -OCH3 is 2. The van der Waals surface area contributed by atoms with Gasteiger partial charge < -0.3 is 14.4 Å². The number of rotatable bonds is 8. The zero-order valence-electron chi connectivity index (χ0n) is 17.0. The van der Waals surface area contributed by atoms with E-state index in [9.17, 15) is 8.42 Å². The van der Waals surface area contributed by atoms with E-state index in [1.807, 2.05) is 43.3 Å². The summed E-state index contributed by atoms with van der Waals surface area (Å²) in [6.45, 7) is 0.212. The van der Waals surface area contributed by atoms with Crippen molar-refractivity contribution in [1.82, 2.24) is 9.62 Å². The summed E-state index contributed by atoms with van der Waals surface area (Å²) in [4.78, 5) is 2.06. The fraction of sp³-hybridized carbons (Fsp3) is 0.273. The van der Waals surface area contributed by atoms with Gasteiger partial charge in [0.25, 0.3) is 0 Å². The maximum absolute atomic E-state index is 13.0. The molecule has 0 spiro atoms. The van der Waals surface area contributed by atoms with Gasteiger partial charge in [-0.25, -0.2) is 13.1 Å². The van der Waals surface area contributed by atoms with Crippen LogP contribution in [0.3, 0.4) is 0 Å². The lowest BCUT2D eigenvalue weighted by Crippen LogP contribution is -2.34. The summed E-state index contributed by atoms with van der Waals surface area (Å²) in [7, 11) is 3.01. The molecule has 6 nitrogen and oxygen atoms in total. The number of sulfonamides is 1. The summed E-state index contributed by atoms with van der Waals surface area (Å²) in [6, 6.07) is 18.7. The second kappa shape index (κ2) is 8.82.